The summed E-state index contributed by atoms with van der Waals surface area (Å²) in [7, 11) is 3.75. The largest absolute Gasteiger partial charge is 0.322 e. The molecule has 0 heterocycles. The fraction of sp³-hybridized carbons (Fsp3) is 0.417. The average Bonchev–Trinajstić information content (AvgIpc) is 2.31. The summed E-state index contributed by atoms with van der Waals surface area (Å²) in [5, 5.41) is 6.62. The average molecular weight is 290 g/mol. The lowest BCUT2D eigenvalue weighted by molar-refractivity contribution is -0.117. The minimum absolute atomic E-state index is 0.136. The molecule has 6 heteroatoms. The quantitative estimate of drug-likeness (QED) is 0.843. The van der Waals surface area contributed by atoms with E-state index >= 15 is 0 Å². The third kappa shape index (κ3) is 4.82. The number of hydrogen-bond acceptors (Lipinski definition) is 3. The Labute approximate surface area is 117 Å². The van der Waals surface area contributed by atoms with E-state index in [1.54, 1.807) is 18.2 Å². The first kappa shape index (κ1) is 15.2. The van der Waals surface area contributed by atoms with Crippen LogP contribution >= 0.6 is 23.2 Å². The molecule has 0 saturated carbocycles. The summed E-state index contributed by atoms with van der Waals surface area (Å²) in [6.07, 6.45) is 0. The number of halogens is 2. The first-order valence-electron chi connectivity index (χ1n) is 5.61. The van der Waals surface area contributed by atoms with Crippen molar-refractivity contribution in [1.29, 1.82) is 0 Å². The summed E-state index contributed by atoms with van der Waals surface area (Å²) in [6.45, 7) is 1.92. The van der Waals surface area contributed by atoms with Gasteiger partial charge in [-0.3, -0.25) is 9.69 Å². The molecular formula is C12H17Cl2N3O. The molecule has 1 aromatic carbocycles. The Hall–Kier alpha value is -0.810. The normalized spacial score (nSPS) is 10.7. The van der Waals surface area contributed by atoms with Gasteiger partial charge in [-0.2, -0.15) is 0 Å². The molecule has 1 rings (SSSR count). The molecule has 0 atom stereocenters. The number of para-hydroxylation sites is 1. The first-order valence-corrected chi connectivity index (χ1v) is 6.37. The molecular weight excluding hydrogens is 273 g/mol. The third-order valence-electron chi connectivity index (χ3n) is 2.38. The van der Waals surface area contributed by atoms with Crippen LogP contribution < -0.4 is 10.6 Å². The zero-order valence-electron chi connectivity index (χ0n) is 10.5. The van der Waals surface area contributed by atoms with Crippen molar-refractivity contribution in [3.05, 3.63) is 28.2 Å². The van der Waals surface area contributed by atoms with E-state index < -0.39 is 0 Å². The minimum atomic E-state index is -0.136. The lowest BCUT2D eigenvalue weighted by atomic mass is 10.3. The second kappa shape index (κ2) is 7.59. The second-order valence-corrected chi connectivity index (χ2v) is 4.80. The van der Waals surface area contributed by atoms with Crippen molar-refractivity contribution < 1.29 is 4.79 Å². The molecule has 0 radical (unpaired) electrons. The van der Waals surface area contributed by atoms with Crippen molar-refractivity contribution >= 4 is 34.8 Å². The lowest BCUT2D eigenvalue weighted by Gasteiger charge is -2.16. The molecule has 2 N–H and O–H groups in total. The molecule has 0 aliphatic rings. The minimum Gasteiger partial charge on any atom is -0.322 e. The van der Waals surface area contributed by atoms with Crippen molar-refractivity contribution in [2.75, 3.05) is 39.0 Å². The monoisotopic (exact) mass is 289 g/mol. The fourth-order valence-electron chi connectivity index (χ4n) is 1.42. The van der Waals surface area contributed by atoms with E-state index in [-0.39, 0.29) is 5.91 Å². The Bertz CT molecular complexity index is 392. The molecule has 18 heavy (non-hydrogen) atoms. The van der Waals surface area contributed by atoms with E-state index in [9.17, 15) is 4.79 Å². The van der Waals surface area contributed by atoms with Crippen LogP contribution in [0.15, 0.2) is 18.2 Å². The number of benzene rings is 1. The summed E-state index contributed by atoms with van der Waals surface area (Å²) in [4.78, 5) is 13.7. The van der Waals surface area contributed by atoms with Gasteiger partial charge in [-0.1, -0.05) is 29.3 Å². The Morgan fingerprint density at radius 1 is 1.33 bits per heavy atom. The smallest absolute Gasteiger partial charge is 0.238 e. The first-order chi connectivity index (χ1) is 8.54. The molecule has 100 valence electrons. The molecule has 1 amide bonds. The molecule has 0 aliphatic heterocycles. The van der Waals surface area contributed by atoms with Gasteiger partial charge in [-0.15, -0.1) is 0 Å². The summed E-state index contributed by atoms with van der Waals surface area (Å²) < 4.78 is 0. The van der Waals surface area contributed by atoms with Gasteiger partial charge in [-0.05, 0) is 26.2 Å². The molecule has 0 saturated heterocycles. The van der Waals surface area contributed by atoms with E-state index in [4.69, 9.17) is 23.2 Å². The number of amides is 1. The predicted molar refractivity (Wildman–Crippen MR) is 76.5 cm³/mol. The molecule has 0 unspecified atom stereocenters. The van der Waals surface area contributed by atoms with Crippen molar-refractivity contribution in [2.24, 2.45) is 0 Å². The van der Waals surface area contributed by atoms with Crippen LogP contribution in [0.3, 0.4) is 0 Å². The Morgan fingerprint density at radius 3 is 2.50 bits per heavy atom. The number of anilines is 1. The molecule has 0 aromatic heterocycles. The van der Waals surface area contributed by atoms with Crippen molar-refractivity contribution in [3.63, 3.8) is 0 Å². The van der Waals surface area contributed by atoms with Crippen LogP contribution in [0.4, 0.5) is 5.69 Å². The molecule has 0 bridgehead atoms. The highest BCUT2D eigenvalue weighted by Gasteiger charge is 2.11. The highest BCUT2D eigenvalue weighted by Crippen LogP contribution is 2.29. The number of nitrogens with zero attached hydrogens (tertiary/aromatic N) is 1. The van der Waals surface area contributed by atoms with Crippen LogP contribution in [0.5, 0.6) is 0 Å². The van der Waals surface area contributed by atoms with Gasteiger partial charge in [-0.25, -0.2) is 0 Å². The van der Waals surface area contributed by atoms with Crippen LogP contribution in [0.2, 0.25) is 10.0 Å². The maximum absolute atomic E-state index is 11.8. The second-order valence-electron chi connectivity index (χ2n) is 3.99. The van der Waals surface area contributed by atoms with E-state index in [0.717, 1.165) is 13.1 Å². The van der Waals surface area contributed by atoms with Gasteiger partial charge in [0.1, 0.15) is 0 Å². The predicted octanol–water partition coefficient (Wildman–Crippen LogP) is 2.08. The number of rotatable bonds is 6. The standard InChI is InChI=1S/C12H17Cl2N3O/c1-15-6-7-17(2)8-11(18)16-12-9(13)4-3-5-10(12)14/h3-5,15H,6-8H2,1-2H3,(H,16,18). The lowest BCUT2D eigenvalue weighted by Crippen LogP contribution is -2.34. The maximum Gasteiger partial charge on any atom is 0.238 e. The summed E-state index contributed by atoms with van der Waals surface area (Å²) in [5.74, 6) is -0.136. The molecule has 4 nitrogen and oxygen atoms in total. The van der Waals surface area contributed by atoms with E-state index in [2.05, 4.69) is 10.6 Å². The summed E-state index contributed by atoms with van der Waals surface area (Å²) in [5.41, 5.74) is 0.466. The van der Waals surface area contributed by atoms with Crippen LogP contribution in [-0.2, 0) is 4.79 Å². The molecule has 1 aromatic rings. The van der Waals surface area contributed by atoms with Gasteiger partial charge < -0.3 is 10.6 Å². The van der Waals surface area contributed by atoms with Gasteiger partial charge in [0, 0.05) is 13.1 Å². The zero-order chi connectivity index (χ0) is 13.5. The maximum atomic E-state index is 11.8. The van der Waals surface area contributed by atoms with Crippen LogP contribution in [0.1, 0.15) is 0 Å². The molecule has 0 fully saturated rings. The van der Waals surface area contributed by atoms with Gasteiger partial charge in [0.05, 0.1) is 22.3 Å². The topological polar surface area (TPSA) is 44.4 Å². The Morgan fingerprint density at radius 2 is 1.94 bits per heavy atom. The van der Waals surface area contributed by atoms with E-state index in [1.165, 1.54) is 0 Å². The number of likely N-dealkylation sites (N-methyl/N-ethyl adjacent to an activating group) is 2. The number of carbonyl (C=O) groups is 1. The van der Waals surface area contributed by atoms with Crippen molar-refractivity contribution in [3.8, 4) is 0 Å². The van der Waals surface area contributed by atoms with Crippen molar-refractivity contribution in [2.45, 2.75) is 0 Å². The molecule has 0 aliphatic carbocycles. The van der Waals surface area contributed by atoms with Crippen LogP contribution in [-0.4, -0.2) is 44.5 Å². The van der Waals surface area contributed by atoms with E-state index in [1.807, 2.05) is 19.0 Å². The fourth-order valence-corrected chi connectivity index (χ4v) is 1.91. The van der Waals surface area contributed by atoms with E-state index in [0.29, 0.717) is 22.3 Å². The summed E-state index contributed by atoms with van der Waals surface area (Å²) in [6, 6.07) is 5.11. The van der Waals surface area contributed by atoms with Gasteiger partial charge in [0.25, 0.3) is 0 Å². The SMILES string of the molecule is CNCCN(C)CC(=O)Nc1c(Cl)cccc1Cl. The number of carbonyl (C=O) groups excluding carboxylic acids is 1. The van der Waals surface area contributed by atoms with Crippen molar-refractivity contribution in [1.82, 2.24) is 10.2 Å². The highest BCUT2D eigenvalue weighted by molar-refractivity contribution is 6.39. The van der Waals surface area contributed by atoms with Gasteiger partial charge in [0.2, 0.25) is 5.91 Å². The Balaban J connectivity index is 2.54. The number of hydrogen-bond donors (Lipinski definition) is 2. The third-order valence-corrected chi connectivity index (χ3v) is 3.01. The van der Waals surface area contributed by atoms with Gasteiger partial charge >= 0.3 is 0 Å². The Kier molecular flexibility index (Phi) is 6.43. The number of nitrogens with one attached hydrogen (secondary N) is 2. The highest BCUT2D eigenvalue weighted by atomic mass is 35.5. The van der Waals surface area contributed by atoms with Gasteiger partial charge in [0.15, 0.2) is 0 Å². The molecule has 0 spiro atoms. The van der Waals surface area contributed by atoms with Crippen LogP contribution in [0, 0.1) is 0 Å². The zero-order valence-corrected chi connectivity index (χ0v) is 12.0. The van der Waals surface area contributed by atoms with Crippen LogP contribution in [0.25, 0.3) is 0 Å². The summed E-state index contributed by atoms with van der Waals surface area (Å²) >= 11 is 11.9.